The quantitative estimate of drug-likeness (QED) is 0.608. The zero-order valence-corrected chi connectivity index (χ0v) is 10.2. The highest BCUT2D eigenvalue weighted by atomic mass is 16.6. The Hall–Kier alpha value is -2.15. The van der Waals surface area contributed by atoms with Crippen molar-refractivity contribution in [3.8, 4) is 5.75 Å². The molecule has 2 N–H and O–H groups in total. The summed E-state index contributed by atoms with van der Waals surface area (Å²) >= 11 is 0. The SMILES string of the molecule is O=C(c1cccc([N+](=O)[O-])c1O)N(CCO)C1CC1. The van der Waals surface area contributed by atoms with E-state index in [2.05, 4.69) is 0 Å². The van der Waals surface area contributed by atoms with E-state index in [-0.39, 0.29) is 24.8 Å². The molecule has 0 unspecified atom stereocenters. The first-order valence-corrected chi connectivity index (χ1v) is 5.94. The molecule has 0 aromatic heterocycles. The first kappa shape index (κ1) is 13.3. The second kappa shape index (κ2) is 5.23. The number of hydrogen-bond acceptors (Lipinski definition) is 5. The number of benzene rings is 1. The average Bonchev–Trinajstić information content (AvgIpc) is 3.19. The maximum Gasteiger partial charge on any atom is 0.311 e. The van der Waals surface area contributed by atoms with Gasteiger partial charge in [0.2, 0.25) is 5.75 Å². The molecule has 0 atom stereocenters. The van der Waals surface area contributed by atoms with E-state index < -0.39 is 22.3 Å². The molecule has 1 saturated carbocycles. The van der Waals surface area contributed by atoms with Crippen LogP contribution in [0.25, 0.3) is 0 Å². The van der Waals surface area contributed by atoms with E-state index in [1.165, 1.54) is 17.0 Å². The van der Waals surface area contributed by atoms with Crippen LogP contribution in [0.4, 0.5) is 5.69 Å². The van der Waals surface area contributed by atoms with E-state index in [1.807, 2.05) is 0 Å². The highest BCUT2D eigenvalue weighted by molar-refractivity contribution is 5.98. The smallest absolute Gasteiger partial charge is 0.311 e. The molecule has 2 rings (SSSR count). The molecule has 0 radical (unpaired) electrons. The summed E-state index contributed by atoms with van der Waals surface area (Å²) in [5, 5.41) is 29.5. The fourth-order valence-electron chi connectivity index (χ4n) is 1.95. The third-order valence-corrected chi connectivity index (χ3v) is 3.03. The minimum atomic E-state index is -0.736. The van der Waals surface area contributed by atoms with Crippen molar-refractivity contribution in [1.29, 1.82) is 0 Å². The van der Waals surface area contributed by atoms with Crippen LogP contribution in [0, 0.1) is 10.1 Å². The van der Waals surface area contributed by atoms with Crippen LogP contribution in [0.15, 0.2) is 18.2 Å². The Morgan fingerprint density at radius 3 is 2.68 bits per heavy atom. The van der Waals surface area contributed by atoms with E-state index in [9.17, 15) is 20.0 Å². The third-order valence-electron chi connectivity index (χ3n) is 3.03. The minimum Gasteiger partial charge on any atom is -0.502 e. The summed E-state index contributed by atoms with van der Waals surface area (Å²) < 4.78 is 0. The van der Waals surface area contributed by atoms with Gasteiger partial charge in [-0.1, -0.05) is 6.07 Å². The summed E-state index contributed by atoms with van der Waals surface area (Å²) in [7, 11) is 0. The number of aliphatic hydroxyl groups excluding tert-OH is 1. The molecule has 1 amide bonds. The minimum absolute atomic E-state index is 0.0540. The van der Waals surface area contributed by atoms with Crippen LogP contribution in [0.1, 0.15) is 23.2 Å². The van der Waals surface area contributed by atoms with Crippen LogP contribution >= 0.6 is 0 Å². The number of aromatic hydroxyl groups is 1. The predicted octanol–water partition coefficient (Wildman–Crippen LogP) is 0.897. The molecule has 0 spiro atoms. The summed E-state index contributed by atoms with van der Waals surface area (Å²) in [5.74, 6) is -1.11. The van der Waals surface area contributed by atoms with Gasteiger partial charge >= 0.3 is 5.69 Å². The number of aliphatic hydroxyl groups is 1. The summed E-state index contributed by atoms with van der Waals surface area (Å²) in [4.78, 5) is 23.7. The van der Waals surface area contributed by atoms with Crippen LogP contribution in [-0.4, -0.2) is 45.1 Å². The van der Waals surface area contributed by atoms with Crippen LogP contribution in [0.3, 0.4) is 0 Å². The van der Waals surface area contributed by atoms with Crippen LogP contribution in [0.2, 0.25) is 0 Å². The van der Waals surface area contributed by atoms with E-state index in [0.717, 1.165) is 18.9 Å². The van der Waals surface area contributed by atoms with Gasteiger partial charge < -0.3 is 15.1 Å². The number of carbonyl (C=O) groups excluding carboxylic acids is 1. The van der Waals surface area contributed by atoms with Gasteiger partial charge in [-0.05, 0) is 18.9 Å². The van der Waals surface area contributed by atoms with E-state index in [1.54, 1.807) is 0 Å². The molecular weight excluding hydrogens is 252 g/mol. The molecule has 0 heterocycles. The number of phenolic OH excluding ortho intramolecular Hbond substituents is 1. The zero-order chi connectivity index (χ0) is 14.0. The molecule has 1 aromatic carbocycles. The molecule has 7 heteroatoms. The molecule has 1 fully saturated rings. The molecule has 0 aliphatic heterocycles. The summed E-state index contributed by atoms with van der Waals surface area (Å²) in [6, 6.07) is 3.89. The molecule has 0 saturated heterocycles. The molecule has 19 heavy (non-hydrogen) atoms. The lowest BCUT2D eigenvalue weighted by Crippen LogP contribution is -2.35. The maximum atomic E-state index is 12.2. The summed E-state index contributed by atoms with van der Waals surface area (Å²) in [6.07, 6.45) is 1.70. The summed E-state index contributed by atoms with van der Waals surface area (Å²) in [5.41, 5.74) is -0.597. The van der Waals surface area contributed by atoms with Gasteiger partial charge in [-0.15, -0.1) is 0 Å². The van der Waals surface area contributed by atoms with Gasteiger partial charge in [-0.25, -0.2) is 0 Å². The lowest BCUT2D eigenvalue weighted by molar-refractivity contribution is -0.385. The normalized spacial score (nSPS) is 14.2. The Balaban J connectivity index is 2.32. The van der Waals surface area contributed by atoms with Crippen LogP contribution in [0.5, 0.6) is 5.75 Å². The zero-order valence-electron chi connectivity index (χ0n) is 10.2. The molecule has 102 valence electrons. The first-order valence-electron chi connectivity index (χ1n) is 5.94. The fraction of sp³-hybridized carbons (Fsp3) is 0.417. The number of para-hydroxylation sites is 1. The van der Waals surface area contributed by atoms with Gasteiger partial charge in [0.25, 0.3) is 5.91 Å². The predicted molar refractivity (Wildman–Crippen MR) is 65.9 cm³/mol. The Bertz CT molecular complexity index is 513. The van der Waals surface area contributed by atoms with Gasteiger partial charge in [0.05, 0.1) is 17.1 Å². The van der Waals surface area contributed by atoms with Crippen molar-refractivity contribution in [2.75, 3.05) is 13.2 Å². The number of carbonyl (C=O) groups is 1. The number of rotatable bonds is 5. The van der Waals surface area contributed by atoms with Crippen molar-refractivity contribution in [2.45, 2.75) is 18.9 Å². The van der Waals surface area contributed by atoms with Gasteiger partial charge in [-0.2, -0.15) is 0 Å². The number of hydrogen-bond donors (Lipinski definition) is 2. The largest absolute Gasteiger partial charge is 0.502 e. The lowest BCUT2D eigenvalue weighted by atomic mass is 10.1. The van der Waals surface area contributed by atoms with E-state index in [0.29, 0.717) is 0 Å². The fourth-order valence-corrected chi connectivity index (χ4v) is 1.95. The van der Waals surface area contributed by atoms with Gasteiger partial charge in [0, 0.05) is 18.7 Å². The Kier molecular flexibility index (Phi) is 3.66. The standard InChI is InChI=1S/C12H14N2O5/c15-7-6-13(8-4-5-8)12(17)9-2-1-3-10(11(9)16)14(18)19/h1-3,8,15-16H,4-7H2. The molecule has 7 nitrogen and oxygen atoms in total. The Labute approximate surface area is 109 Å². The van der Waals surface area contributed by atoms with Crippen molar-refractivity contribution in [3.63, 3.8) is 0 Å². The average molecular weight is 266 g/mol. The third kappa shape index (κ3) is 2.65. The second-order valence-electron chi connectivity index (χ2n) is 4.38. The lowest BCUT2D eigenvalue weighted by Gasteiger charge is -2.21. The van der Waals surface area contributed by atoms with Crippen LogP contribution in [-0.2, 0) is 0 Å². The van der Waals surface area contributed by atoms with Crippen molar-refractivity contribution < 1.29 is 19.9 Å². The van der Waals surface area contributed by atoms with Gasteiger partial charge in [0.1, 0.15) is 0 Å². The Morgan fingerprint density at radius 2 is 2.16 bits per heavy atom. The maximum absolute atomic E-state index is 12.2. The number of phenols is 1. The van der Waals surface area contributed by atoms with Gasteiger partial charge in [0.15, 0.2) is 0 Å². The second-order valence-corrected chi connectivity index (χ2v) is 4.38. The molecule has 0 bridgehead atoms. The van der Waals surface area contributed by atoms with Crippen molar-refractivity contribution in [2.24, 2.45) is 0 Å². The van der Waals surface area contributed by atoms with Crippen molar-refractivity contribution in [1.82, 2.24) is 4.90 Å². The first-order chi connectivity index (χ1) is 9.06. The van der Waals surface area contributed by atoms with Crippen LogP contribution < -0.4 is 0 Å². The van der Waals surface area contributed by atoms with E-state index in [4.69, 9.17) is 5.11 Å². The molecule has 1 aliphatic rings. The number of nitrogens with zero attached hydrogens (tertiary/aromatic N) is 2. The molecule has 1 aliphatic carbocycles. The van der Waals surface area contributed by atoms with Gasteiger partial charge in [-0.3, -0.25) is 14.9 Å². The Morgan fingerprint density at radius 1 is 1.47 bits per heavy atom. The van der Waals surface area contributed by atoms with E-state index >= 15 is 0 Å². The summed E-state index contributed by atoms with van der Waals surface area (Å²) in [6.45, 7) is -0.0242. The molecule has 1 aromatic rings. The highest BCUT2D eigenvalue weighted by Gasteiger charge is 2.34. The number of nitro groups is 1. The number of amides is 1. The van der Waals surface area contributed by atoms with Crippen molar-refractivity contribution in [3.05, 3.63) is 33.9 Å². The number of nitro benzene ring substituents is 1. The monoisotopic (exact) mass is 266 g/mol. The van der Waals surface area contributed by atoms with Crippen molar-refractivity contribution >= 4 is 11.6 Å². The molecular formula is C12H14N2O5. The topological polar surface area (TPSA) is 104 Å². The highest BCUT2D eigenvalue weighted by Crippen LogP contribution is 2.33.